The van der Waals surface area contributed by atoms with E-state index in [1.165, 1.54) is 0 Å². The number of aromatic hydroxyl groups is 1. The van der Waals surface area contributed by atoms with E-state index in [9.17, 15) is 15.0 Å². The van der Waals surface area contributed by atoms with Crippen LogP contribution in [-0.4, -0.2) is 33.2 Å². The monoisotopic (exact) mass is 233 g/mol. The Labute approximate surface area is 99.5 Å². The summed E-state index contributed by atoms with van der Waals surface area (Å²) >= 11 is 0. The predicted octanol–water partition coefficient (Wildman–Crippen LogP) is 1.19. The van der Waals surface area contributed by atoms with Crippen LogP contribution in [0.4, 0.5) is 0 Å². The Morgan fingerprint density at radius 2 is 2.06 bits per heavy atom. The molecule has 0 bridgehead atoms. The van der Waals surface area contributed by atoms with Crippen molar-refractivity contribution in [3.05, 3.63) is 29.8 Å². The first-order valence-corrected chi connectivity index (χ1v) is 5.95. The van der Waals surface area contributed by atoms with Gasteiger partial charge < -0.3 is 15.1 Å². The van der Waals surface area contributed by atoms with E-state index in [4.69, 9.17) is 0 Å². The lowest BCUT2D eigenvalue weighted by Gasteiger charge is -2.26. The van der Waals surface area contributed by atoms with Crippen molar-refractivity contribution in [2.75, 3.05) is 0 Å². The van der Waals surface area contributed by atoms with E-state index < -0.39 is 6.10 Å². The SMILES string of the molecule is O=C1CC(O)C(c2cccc(O)c2)N1C1CC1. The van der Waals surface area contributed by atoms with E-state index in [0.29, 0.717) is 0 Å². The average molecular weight is 233 g/mol. The van der Waals surface area contributed by atoms with Gasteiger partial charge in [-0.1, -0.05) is 12.1 Å². The standard InChI is InChI=1S/C13H15NO3/c15-10-3-1-2-8(6-10)13-11(16)7-12(17)14(13)9-4-5-9/h1-3,6,9,11,13,15-16H,4-5,7H2. The molecule has 0 aromatic heterocycles. The topological polar surface area (TPSA) is 60.8 Å². The molecule has 1 saturated heterocycles. The van der Waals surface area contributed by atoms with Crippen molar-refractivity contribution in [3.63, 3.8) is 0 Å². The number of hydrogen-bond acceptors (Lipinski definition) is 3. The van der Waals surface area contributed by atoms with E-state index in [2.05, 4.69) is 0 Å². The largest absolute Gasteiger partial charge is 0.508 e. The zero-order valence-corrected chi connectivity index (χ0v) is 9.41. The molecule has 17 heavy (non-hydrogen) atoms. The molecule has 1 aliphatic carbocycles. The molecule has 2 atom stereocenters. The molecule has 1 saturated carbocycles. The Bertz CT molecular complexity index is 456. The lowest BCUT2D eigenvalue weighted by Crippen LogP contribution is -2.32. The van der Waals surface area contributed by atoms with Crippen LogP contribution in [-0.2, 0) is 4.79 Å². The third-order valence-corrected chi connectivity index (χ3v) is 3.49. The van der Waals surface area contributed by atoms with Crippen LogP contribution in [0.15, 0.2) is 24.3 Å². The first-order chi connectivity index (χ1) is 8.16. The molecule has 0 spiro atoms. The minimum Gasteiger partial charge on any atom is -0.508 e. The van der Waals surface area contributed by atoms with Crippen LogP contribution < -0.4 is 0 Å². The number of carbonyl (C=O) groups excluding carboxylic acids is 1. The van der Waals surface area contributed by atoms with Gasteiger partial charge in [-0.05, 0) is 30.5 Å². The molecule has 90 valence electrons. The first kappa shape index (κ1) is 10.6. The number of benzene rings is 1. The normalized spacial score (nSPS) is 28.8. The fraction of sp³-hybridized carbons (Fsp3) is 0.462. The predicted molar refractivity (Wildman–Crippen MR) is 61.3 cm³/mol. The average Bonchev–Trinajstić information content (AvgIpc) is 3.04. The number of nitrogens with zero attached hydrogens (tertiary/aromatic N) is 1. The van der Waals surface area contributed by atoms with Crippen molar-refractivity contribution in [1.82, 2.24) is 4.90 Å². The van der Waals surface area contributed by atoms with E-state index in [1.807, 2.05) is 6.07 Å². The van der Waals surface area contributed by atoms with Gasteiger partial charge in [0.15, 0.2) is 0 Å². The molecule has 2 unspecified atom stereocenters. The first-order valence-electron chi connectivity index (χ1n) is 5.95. The van der Waals surface area contributed by atoms with Gasteiger partial charge in [0.2, 0.25) is 5.91 Å². The van der Waals surface area contributed by atoms with Gasteiger partial charge in [-0.2, -0.15) is 0 Å². The number of phenols is 1. The van der Waals surface area contributed by atoms with Crippen LogP contribution in [0.5, 0.6) is 5.75 Å². The van der Waals surface area contributed by atoms with Crippen LogP contribution >= 0.6 is 0 Å². The molecular weight excluding hydrogens is 218 g/mol. The van der Waals surface area contributed by atoms with Gasteiger partial charge in [0.1, 0.15) is 5.75 Å². The fourth-order valence-corrected chi connectivity index (χ4v) is 2.61. The van der Waals surface area contributed by atoms with Crippen molar-refractivity contribution in [3.8, 4) is 5.75 Å². The molecule has 1 heterocycles. The molecule has 4 nitrogen and oxygen atoms in total. The second-order valence-electron chi connectivity index (χ2n) is 4.84. The molecular formula is C13H15NO3. The summed E-state index contributed by atoms with van der Waals surface area (Å²) in [6, 6.07) is 6.80. The fourth-order valence-electron chi connectivity index (χ4n) is 2.61. The summed E-state index contributed by atoms with van der Waals surface area (Å²) in [6.45, 7) is 0. The van der Waals surface area contributed by atoms with E-state index in [0.717, 1.165) is 18.4 Å². The summed E-state index contributed by atoms with van der Waals surface area (Å²) in [5.74, 6) is 0.193. The van der Waals surface area contributed by atoms with Gasteiger partial charge in [-0.3, -0.25) is 4.79 Å². The molecule has 1 aliphatic heterocycles. The Kier molecular flexibility index (Phi) is 2.33. The molecule has 1 aromatic carbocycles. The number of rotatable bonds is 2. The molecule has 0 radical (unpaired) electrons. The zero-order chi connectivity index (χ0) is 12.0. The third kappa shape index (κ3) is 1.78. The van der Waals surface area contributed by atoms with E-state index >= 15 is 0 Å². The summed E-state index contributed by atoms with van der Waals surface area (Å²) in [5, 5.41) is 19.5. The van der Waals surface area contributed by atoms with Gasteiger partial charge in [0.05, 0.1) is 18.6 Å². The maximum absolute atomic E-state index is 11.8. The number of carbonyl (C=O) groups is 1. The summed E-state index contributed by atoms with van der Waals surface area (Å²) in [5.41, 5.74) is 0.815. The highest BCUT2D eigenvalue weighted by atomic mass is 16.3. The smallest absolute Gasteiger partial charge is 0.226 e. The van der Waals surface area contributed by atoms with Gasteiger partial charge in [0.25, 0.3) is 0 Å². The maximum Gasteiger partial charge on any atom is 0.226 e. The minimum absolute atomic E-state index is 0.0216. The Balaban J connectivity index is 1.96. The number of phenolic OH excluding ortho intramolecular Hbond substituents is 1. The maximum atomic E-state index is 11.8. The molecule has 1 amide bonds. The van der Waals surface area contributed by atoms with Gasteiger partial charge in [-0.25, -0.2) is 0 Å². The highest BCUT2D eigenvalue weighted by Crippen LogP contribution is 2.42. The lowest BCUT2D eigenvalue weighted by atomic mass is 10.0. The van der Waals surface area contributed by atoms with Crippen LogP contribution in [0, 0.1) is 0 Å². The van der Waals surface area contributed by atoms with E-state index in [-0.39, 0.29) is 30.2 Å². The number of amides is 1. The Morgan fingerprint density at radius 1 is 1.29 bits per heavy atom. The summed E-state index contributed by atoms with van der Waals surface area (Å²) in [6.07, 6.45) is 1.57. The van der Waals surface area contributed by atoms with Crippen molar-refractivity contribution < 1.29 is 15.0 Å². The number of hydrogen-bond donors (Lipinski definition) is 2. The Hall–Kier alpha value is -1.55. The quantitative estimate of drug-likeness (QED) is 0.806. The molecule has 2 aliphatic rings. The molecule has 1 aromatic rings. The van der Waals surface area contributed by atoms with Crippen LogP contribution in [0.1, 0.15) is 30.9 Å². The summed E-state index contributed by atoms with van der Waals surface area (Å²) in [4.78, 5) is 13.6. The second-order valence-corrected chi connectivity index (χ2v) is 4.84. The highest BCUT2D eigenvalue weighted by molar-refractivity contribution is 5.80. The van der Waals surface area contributed by atoms with Gasteiger partial charge in [0, 0.05) is 6.04 Å². The van der Waals surface area contributed by atoms with Crippen molar-refractivity contribution in [2.24, 2.45) is 0 Å². The number of aliphatic hydroxyl groups is 1. The lowest BCUT2D eigenvalue weighted by molar-refractivity contribution is -0.129. The van der Waals surface area contributed by atoms with Gasteiger partial charge in [-0.15, -0.1) is 0 Å². The van der Waals surface area contributed by atoms with Crippen molar-refractivity contribution in [2.45, 2.75) is 37.5 Å². The van der Waals surface area contributed by atoms with Crippen LogP contribution in [0.3, 0.4) is 0 Å². The molecule has 4 heteroatoms. The van der Waals surface area contributed by atoms with Gasteiger partial charge >= 0.3 is 0 Å². The van der Waals surface area contributed by atoms with Crippen LogP contribution in [0.25, 0.3) is 0 Å². The Morgan fingerprint density at radius 3 is 2.71 bits per heavy atom. The third-order valence-electron chi connectivity index (χ3n) is 3.49. The second kappa shape index (κ2) is 3.74. The van der Waals surface area contributed by atoms with Crippen molar-refractivity contribution >= 4 is 5.91 Å². The zero-order valence-electron chi connectivity index (χ0n) is 9.41. The number of aliphatic hydroxyl groups excluding tert-OH is 1. The molecule has 2 fully saturated rings. The van der Waals surface area contributed by atoms with E-state index in [1.54, 1.807) is 23.1 Å². The molecule has 2 N–H and O–H groups in total. The highest BCUT2D eigenvalue weighted by Gasteiger charge is 2.46. The summed E-state index contributed by atoms with van der Waals surface area (Å²) < 4.78 is 0. The molecule has 3 rings (SSSR count). The van der Waals surface area contributed by atoms with Crippen LogP contribution in [0.2, 0.25) is 0 Å². The number of likely N-dealkylation sites (tertiary alicyclic amines) is 1. The summed E-state index contributed by atoms with van der Waals surface area (Å²) in [7, 11) is 0. The minimum atomic E-state index is -0.662. The van der Waals surface area contributed by atoms with Crippen molar-refractivity contribution in [1.29, 1.82) is 0 Å².